The van der Waals surface area contributed by atoms with Crippen molar-refractivity contribution in [1.82, 2.24) is 10.2 Å². The minimum atomic E-state index is -0.108. The Kier molecular flexibility index (Phi) is 6.47. The smallest absolute Gasteiger partial charge is 0.257 e. The standard InChI is InChI=1S/C17H22N2O4/c1-2-3-8-19(17(21)14-7-11-22-13-14)9-6-16(20)18-12-15-5-4-10-23-15/h4-5,7,10-11,13H,2-3,6,8-9,12H2,1H3,(H,18,20). The van der Waals surface area contributed by atoms with E-state index in [9.17, 15) is 9.59 Å². The summed E-state index contributed by atoms with van der Waals surface area (Å²) >= 11 is 0. The Morgan fingerprint density at radius 2 is 2.09 bits per heavy atom. The van der Waals surface area contributed by atoms with E-state index in [2.05, 4.69) is 12.2 Å². The molecule has 2 aromatic rings. The SMILES string of the molecule is CCCCN(CCC(=O)NCc1ccco1)C(=O)c1ccoc1. The third-order valence-electron chi connectivity index (χ3n) is 3.49. The fourth-order valence-electron chi connectivity index (χ4n) is 2.16. The minimum Gasteiger partial charge on any atom is -0.472 e. The quantitative estimate of drug-likeness (QED) is 0.771. The summed E-state index contributed by atoms with van der Waals surface area (Å²) in [5, 5.41) is 2.78. The van der Waals surface area contributed by atoms with Crippen LogP contribution in [0.1, 0.15) is 42.3 Å². The average molecular weight is 318 g/mol. The first-order valence-electron chi connectivity index (χ1n) is 7.81. The molecule has 0 saturated heterocycles. The van der Waals surface area contributed by atoms with Crippen molar-refractivity contribution in [2.24, 2.45) is 0 Å². The van der Waals surface area contributed by atoms with Crippen molar-refractivity contribution < 1.29 is 18.4 Å². The van der Waals surface area contributed by atoms with Gasteiger partial charge in [0.25, 0.3) is 5.91 Å². The van der Waals surface area contributed by atoms with Crippen LogP contribution in [0.15, 0.2) is 45.8 Å². The molecule has 0 atom stereocenters. The van der Waals surface area contributed by atoms with Crippen molar-refractivity contribution in [3.63, 3.8) is 0 Å². The van der Waals surface area contributed by atoms with Gasteiger partial charge in [-0.05, 0) is 24.6 Å². The van der Waals surface area contributed by atoms with E-state index in [0.29, 0.717) is 31.0 Å². The summed E-state index contributed by atoms with van der Waals surface area (Å²) in [7, 11) is 0. The lowest BCUT2D eigenvalue weighted by molar-refractivity contribution is -0.121. The van der Waals surface area contributed by atoms with E-state index >= 15 is 0 Å². The van der Waals surface area contributed by atoms with Gasteiger partial charge in [-0.3, -0.25) is 9.59 Å². The van der Waals surface area contributed by atoms with Crippen LogP contribution in [0.5, 0.6) is 0 Å². The highest BCUT2D eigenvalue weighted by Gasteiger charge is 2.17. The molecule has 23 heavy (non-hydrogen) atoms. The van der Waals surface area contributed by atoms with Gasteiger partial charge in [0.05, 0.1) is 24.6 Å². The van der Waals surface area contributed by atoms with E-state index in [1.54, 1.807) is 29.4 Å². The Hall–Kier alpha value is -2.50. The predicted molar refractivity (Wildman–Crippen MR) is 84.7 cm³/mol. The van der Waals surface area contributed by atoms with Crippen molar-refractivity contribution in [3.8, 4) is 0 Å². The summed E-state index contributed by atoms with van der Waals surface area (Å²) in [6.45, 7) is 3.44. The number of nitrogens with one attached hydrogen (secondary N) is 1. The molecule has 2 amide bonds. The number of carbonyl (C=O) groups is 2. The number of carbonyl (C=O) groups excluding carboxylic acids is 2. The second-order valence-corrected chi connectivity index (χ2v) is 5.26. The van der Waals surface area contributed by atoms with Crippen molar-refractivity contribution in [2.45, 2.75) is 32.7 Å². The number of furan rings is 2. The molecule has 6 nitrogen and oxygen atoms in total. The second kappa shape index (κ2) is 8.82. The first kappa shape index (κ1) is 16.9. The van der Waals surface area contributed by atoms with Crippen LogP contribution in [0.25, 0.3) is 0 Å². The molecule has 0 aliphatic carbocycles. The zero-order valence-electron chi connectivity index (χ0n) is 13.3. The number of hydrogen-bond donors (Lipinski definition) is 1. The molecule has 0 bridgehead atoms. The van der Waals surface area contributed by atoms with E-state index in [-0.39, 0.29) is 18.2 Å². The molecule has 0 spiro atoms. The van der Waals surface area contributed by atoms with Crippen LogP contribution in [0.3, 0.4) is 0 Å². The Morgan fingerprint density at radius 1 is 1.22 bits per heavy atom. The monoisotopic (exact) mass is 318 g/mol. The molecule has 0 aliphatic heterocycles. The number of rotatable bonds is 9. The Labute approximate surface area is 135 Å². The zero-order valence-corrected chi connectivity index (χ0v) is 13.3. The summed E-state index contributed by atoms with van der Waals surface area (Å²) < 4.78 is 10.1. The second-order valence-electron chi connectivity index (χ2n) is 5.26. The third-order valence-corrected chi connectivity index (χ3v) is 3.49. The van der Waals surface area contributed by atoms with Gasteiger partial charge in [0.2, 0.25) is 5.91 Å². The van der Waals surface area contributed by atoms with Crippen LogP contribution >= 0.6 is 0 Å². The molecule has 2 heterocycles. The molecule has 2 aromatic heterocycles. The molecule has 2 rings (SSSR count). The fraction of sp³-hybridized carbons (Fsp3) is 0.412. The molecule has 124 valence electrons. The topological polar surface area (TPSA) is 75.7 Å². The van der Waals surface area contributed by atoms with Crippen LogP contribution in [0, 0.1) is 0 Å². The van der Waals surface area contributed by atoms with Crippen molar-refractivity contribution in [3.05, 3.63) is 48.3 Å². The molecule has 0 radical (unpaired) electrons. The van der Waals surface area contributed by atoms with Crippen molar-refractivity contribution in [2.75, 3.05) is 13.1 Å². The summed E-state index contributed by atoms with van der Waals surface area (Å²) in [4.78, 5) is 26.0. The van der Waals surface area contributed by atoms with E-state index in [1.807, 2.05) is 0 Å². The van der Waals surface area contributed by atoms with Crippen LogP contribution in [0.2, 0.25) is 0 Å². The maximum atomic E-state index is 12.4. The lowest BCUT2D eigenvalue weighted by atomic mass is 10.2. The molecule has 0 saturated carbocycles. The van der Waals surface area contributed by atoms with Gasteiger partial charge >= 0.3 is 0 Å². The summed E-state index contributed by atoms with van der Waals surface area (Å²) in [6, 6.07) is 5.21. The maximum Gasteiger partial charge on any atom is 0.257 e. The van der Waals surface area contributed by atoms with E-state index in [1.165, 1.54) is 12.5 Å². The highest BCUT2D eigenvalue weighted by atomic mass is 16.3. The molecular weight excluding hydrogens is 296 g/mol. The number of amides is 2. The molecule has 0 aliphatic rings. The van der Waals surface area contributed by atoms with Crippen molar-refractivity contribution >= 4 is 11.8 Å². The van der Waals surface area contributed by atoms with Gasteiger partial charge in [-0.15, -0.1) is 0 Å². The first-order chi connectivity index (χ1) is 11.2. The highest BCUT2D eigenvalue weighted by Crippen LogP contribution is 2.08. The first-order valence-corrected chi connectivity index (χ1v) is 7.81. The third kappa shape index (κ3) is 5.32. The summed E-state index contributed by atoms with van der Waals surface area (Å²) in [6.07, 6.45) is 6.61. The molecule has 0 fully saturated rings. The van der Waals surface area contributed by atoms with Gasteiger partial charge < -0.3 is 19.1 Å². The van der Waals surface area contributed by atoms with Gasteiger partial charge in [-0.2, -0.15) is 0 Å². The molecule has 0 unspecified atom stereocenters. The summed E-state index contributed by atoms with van der Waals surface area (Å²) in [5.74, 6) is 0.490. The average Bonchev–Trinajstić information content (AvgIpc) is 3.25. The number of unbranched alkanes of at least 4 members (excludes halogenated alkanes) is 1. The molecular formula is C17H22N2O4. The van der Waals surface area contributed by atoms with Gasteiger partial charge in [0.1, 0.15) is 12.0 Å². The zero-order chi connectivity index (χ0) is 16.5. The molecule has 0 aromatic carbocycles. The lowest BCUT2D eigenvalue weighted by Gasteiger charge is -2.21. The Bertz CT molecular complexity index is 590. The van der Waals surface area contributed by atoms with Gasteiger partial charge in [-0.25, -0.2) is 0 Å². The largest absolute Gasteiger partial charge is 0.472 e. The van der Waals surface area contributed by atoms with Crippen LogP contribution < -0.4 is 5.32 Å². The normalized spacial score (nSPS) is 10.5. The summed E-state index contributed by atoms with van der Waals surface area (Å²) in [5.41, 5.74) is 0.511. The highest BCUT2D eigenvalue weighted by molar-refractivity contribution is 5.94. The van der Waals surface area contributed by atoms with E-state index in [4.69, 9.17) is 8.83 Å². The maximum absolute atomic E-state index is 12.4. The minimum absolute atomic E-state index is 0.106. The van der Waals surface area contributed by atoms with Gasteiger partial charge in [0.15, 0.2) is 0 Å². The Morgan fingerprint density at radius 3 is 2.74 bits per heavy atom. The van der Waals surface area contributed by atoms with Gasteiger partial charge in [-0.1, -0.05) is 13.3 Å². The predicted octanol–water partition coefficient (Wildman–Crippen LogP) is 2.82. The van der Waals surface area contributed by atoms with Crippen LogP contribution in [-0.2, 0) is 11.3 Å². The molecule has 1 N–H and O–H groups in total. The van der Waals surface area contributed by atoms with Crippen molar-refractivity contribution in [1.29, 1.82) is 0 Å². The Balaban J connectivity index is 1.82. The van der Waals surface area contributed by atoms with E-state index in [0.717, 1.165) is 12.8 Å². The fourth-order valence-corrected chi connectivity index (χ4v) is 2.16. The van der Waals surface area contributed by atoms with E-state index < -0.39 is 0 Å². The number of nitrogens with zero attached hydrogens (tertiary/aromatic N) is 1. The number of hydrogen-bond acceptors (Lipinski definition) is 4. The van der Waals surface area contributed by atoms with Crippen LogP contribution in [-0.4, -0.2) is 29.8 Å². The van der Waals surface area contributed by atoms with Gasteiger partial charge in [0, 0.05) is 19.5 Å². The molecule has 6 heteroatoms. The van der Waals surface area contributed by atoms with Crippen LogP contribution in [0.4, 0.5) is 0 Å². The lowest BCUT2D eigenvalue weighted by Crippen LogP contribution is -2.35.